The summed E-state index contributed by atoms with van der Waals surface area (Å²) in [5, 5.41) is 8.50. The number of piperazine rings is 1. The number of hydrazine groups is 1. The largest absolute Gasteiger partial charge is 0.445 e. The highest BCUT2D eigenvalue weighted by Crippen LogP contribution is 2.28. The Hall–Kier alpha value is -4.45. The van der Waals surface area contributed by atoms with E-state index >= 15 is 0 Å². The Kier molecular flexibility index (Phi) is 9.91. The summed E-state index contributed by atoms with van der Waals surface area (Å²) in [4.78, 5) is 55.5. The summed E-state index contributed by atoms with van der Waals surface area (Å²) in [7, 11) is 1.65. The smallest absolute Gasteiger partial charge is 0.407 e. The molecule has 1 unspecified atom stereocenters. The van der Waals surface area contributed by atoms with Crippen LogP contribution in [0.1, 0.15) is 24.0 Å². The van der Waals surface area contributed by atoms with Crippen LogP contribution in [0.2, 0.25) is 0 Å². The van der Waals surface area contributed by atoms with Crippen LogP contribution >= 0.6 is 0 Å². The number of nitrogens with one attached hydrogen (secondary N) is 2. The van der Waals surface area contributed by atoms with Crippen LogP contribution in [-0.2, 0) is 27.4 Å². The zero-order valence-electron chi connectivity index (χ0n) is 23.0. The van der Waals surface area contributed by atoms with Gasteiger partial charge in [0.2, 0.25) is 11.8 Å². The van der Waals surface area contributed by atoms with E-state index in [4.69, 9.17) is 4.74 Å². The van der Waals surface area contributed by atoms with Gasteiger partial charge in [-0.2, -0.15) is 0 Å². The van der Waals surface area contributed by atoms with Crippen LogP contribution in [0.5, 0.6) is 0 Å². The van der Waals surface area contributed by atoms with Crippen molar-refractivity contribution in [3.05, 3.63) is 84.2 Å². The molecule has 2 saturated heterocycles. The summed E-state index contributed by atoms with van der Waals surface area (Å²) in [6, 6.07) is 14.0. The first-order valence-corrected chi connectivity index (χ1v) is 13.5. The lowest BCUT2D eigenvalue weighted by molar-refractivity contribution is -0.188. The summed E-state index contributed by atoms with van der Waals surface area (Å²) < 4.78 is 18.2. The zero-order chi connectivity index (χ0) is 29.4. The molecule has 0 saturated carbocycles. The Bertz CT molecular complexity index is 1240. The van der Waals surface area contributed by atoms with Crippen LogP contribution in [0.3, 0.4) is 0 Å². The zero-order valence-corrected chi connectivity index (χ0v) is 23.0. The molecule has 2 atom stereocenters. The molecule has 2 N–H and O–H groups in total. The topological polar surface area (TPSA) is 115 Å². The molecular weight excluding hydrogens is 531 g/mol. The average molecular weight is 567 g/mol. The number of alkyl carbamates (subject to hydrolysis) is 1. The van der Waals surface area contributed by atoms with Gasteiger partial charge in [-0.1, -0.05) is 55.1 Å². The van der Waals surface area contributed by atoms with Crippen LogP contribution in [0.15, 0.2) is 67.3 Å². The summed E-state index contributed by atoms with van der Waals surface area (Å²) in [5.74, 6) is -0.856. The van der Waals surface area contributed by atoms with Gasteiger partial charge in [0.15, 0.2) is 0 Å². The van der Waals surface area contributed by atoms with E-state index in [2.05, 4.69) is 17.2 Å². The van der Waals surface area contributed by atoms with Gasteiger partial charge in [-0.15, -0.1) is 0 Å². The number of hydrogen-bond acceptors (Lipinski definition) is 6. The minimum absolute atomic E-state index is 0.0813. The lowest BCUT2D eigenvalue weighted by Crippen LogP contribution is -2.75. The predicted molar refractivity (Wildman–Crippen MR) is 148 cm³/mol. The lowest BCUT2D eigenvalue weighted by atomic mass is 10.0. The maximum Gasteiger partial charge on any atom is 0.407 e. The number of fused-ring (bicyclic) bond motifs is 1. The molecule has 12 heteroatoms. The first kappa shape index (κ1) is 29.5. The summed E-state index contributed by atoms with van der Waals surface area (Å²) in [5.41, 5.74) is 1.64. The van der Waals surface area contributed by atoms with E-state index in [1.165, 1.54) is 28.1 Å². The molecule has 2 heterocycles. The number of hydrogen-bond donors (Lipinski definition) is 2. The molecule has 0 bridgehead atoms. The maximum atomic E-state index is 13.7. The second-order valence-corrected chi connectivity index (χ2v) is 9.90. The fourth-order valence-corrected chi connectivity index (χ4v) is 5.06. The molecule has 2 aliphatic heterocycles. The molecule has 2 fully saturated rings. The van der Waals surface area contributed by atoms with Crippen molar-refractivity contribution in [1.82, 2.24) is 30.5 Å². The van der Waals surface area contributed by atoms with Gasteiger partial charge in [-0.25, -0.2) is 24.0 Å². The van der Waals surface area contributed by atoms with Crippen molar-refractivity contribution < 1.29 is 28.3 Å². The van der Waals surface area contributed by atoms with Gasteiger partial charge in [0.1, 0.15) is 24.6 Å². The molecule has 4 rings (SSSR count). The predicted octanol–water partition coefficient (Wildman–Crippen LogP) is 2.46. The molecule has 0 radical (unpaired) electrons. The van der Waals surface area contributed by atoms with Gasteiger partial charge in [0.25, 0.3) is 0 Å². The third-order valence-corrected chi connectivity index (χ3v) is 6.98. The van der Waals surface area contributed by atoms with E-state index in [9.17, 15) is 23.6 Å². The van der Waals surface area contributed by atoms with Crippen molar-refractivity contribution in [2.75, 3.05) is 33.3 Å². The fraction of sp³-hybridized carbons (Fsp3) is 0.379. The minimum Gasteiger partial charge on any atom is -0.445 e. The first-order valence-electron chi connectivity index (χ1n) is 13.5. The van der Waals surface area contributed by atoms with Crippen molar-refractivity contribution in [1.29, 1.82) is 0 Å². The van der Waals surface area contributed by atoms with E-state index in [1.807, 2.05) is 30.3 Å². The normalized spacial score (nSPS) is 19.0. The molecule has 0 spiro atoms. The molecule has 41 heavy (non-hydrogen) atoms. The van der Waals surface area contributed by atoms with E-state index in [-0.39, 0.29) is 56.8 Å². The van der Waals surface area contributed by atoms with Gasteiger partial charge in [0, 0.05) is 26.7 Å². The molecule has 0 aliphatic carbocycles. The summed E-state index contributed by atoms with van der Waals surface area (Å²) in [6.45, 7) is 4.33. The van der Waals surface area contributed by atoms with Crippen molar-refractivity contribution >= 4 is 23.9 Å². The second-order valence-electron chi connectivity index (χ2n) is 9.90. The average Bonchev–Trinajstić information content (AvgIpc) is 2.96. The number of ether oxygens (including phenoxy) is 1. The van der Waals surface area contributed by atoms with Crippen LogP contribution in [0, 0.1) is 5.82 Å². The van der Waals surface area contributed by atoms with Gasteiger partial charge in [-0.3, -0.25) is 9.59 Å². The highest BCUT2D eigenvalue weighted by molar-refractivity contribution is 5.91. The maximum absolute atomic E-state index is 13.7. The van der Waals surface area contributed by atoms with Gasteiger partial charge in [0.05, 0.1) is 13.1 Å². The third kappa shape index (κ3) is 7.40. The summed E-state index contributed by atoms with van der Waals surface area (Å²) >= 11 is 0. The number of urea groups is 1. The number of benzene rings is 2. The molecule has 2 aromatic carbocycles. The van der Waals surface area contributed by atoms with Crippen LogP contribution in [0.4, 0.5) is 14.0 Å². The van der Waals surface area contributed by atoms with Crippen LogP contribution in [-0.4, -0.2) is 89.3 Å². The molecule has 5 amide bonds. The van der Waals surface area contributed by atoms with E-state index in [0.29, 0.717) is 18.5 Å². The van der Waals surface area contributed by atoms with Crippen molar-refractivity contribution in [3.8, 4) is 0 Å². The molecule has 11 nitrogen and oxygen atoms in total. The SMILES string of the molecule is C=CCOC(=O)NCCC[C@H]1C(=O)N(Cc2ccccc2)CC2N1C(=O)CN(C)N2C(=O)NCc1ccc(F)cc1. The van der Waals surface area contributed by atoms with Crippen LogP contribution in [0.25, 0.3) is 0 Å². The fourth-order valence-electron chi connectivity index (χ4n) is 5.06. The Morgan fingerprint density at radius 3 is 2.51 bits per heavy atom. The standard InChI is InChI=1S/C29H35FN6O5/c1-3-16-41-29(40)31-15-7-10-24-27(38)34(18-22-8-5-4-6-9-22)19-25-35(24)26(37)20-33(2)36(25)28(39)32-17-21-11-13-23(30)14-12-21/h3-6,8-9,11-14,24-25H,1,7,10,15-20H2,2H3,(H,31,40)(H,32,39)/t24-,25?/m0/s1. The Morgan fingerprint density at radius 1 is 1.07 bits per heavy atom. The van der Waals surface area contributed by atoms with E-state index < -0.39 is 24.3 Å². The van der Waals surface area contributed by atoms with Gasteiger partial charge >= 0.3 is 12.1 Å². The van der Waals surface area contributed by atoms with Gasteiger partial charge in [-0.05, 0) is 36.1 Å². The molecule has 2 aliphatic rings. The molecule has 2 aromatic rings. The number of amides is 5. The molecule has 0 aromatic heterocycles. The number of rotatable bonds is 10. The highest BCUT2D eigenvalue weighted by Gasteiger charge is 2.50. The lowest BCUT2D eigenvalue weighted by Gasteiger charge is -2.54. The van der Waals surface area contributed by atoms with E-state index in [1.54, 1.807) is 29.1 Å². The Morgan fingerprint density at radius 2 is 1.80 bits per heavy atom. The monoisotopic (exact) mass is 566 g/mol. The first-order chi connectivity index (χ1) is 19.8. The molecule has 218 valence electrons. The van der Waals surface area contributed by atoms with E-state index in [0.717, 1.165) is 5.56 Å². The molecular formula is C29H35FN6O5. The number of nitrogens with zero attached hydrogens (tertiary/aromatic N) is 4. The minimum atomic E-state index is -0.822. The second kappa shape index (κ2) is 13.8. The number of carbonyl (C=O) groups is 4. The number of halogens is 1. The van der Waals surface area contributed by atoms with Crippen molar-refractivity contribution in [2.45, 2.75) is 38.1 Å². The number of likely N-dealkylation sites (N-methyl/N-ethyl adjacent to an activating group) is 1. The van der Waals surface area contributed by atoms with Crippen molar-refractivity contribution in [3.63, 3.8) is 0 Å². The highest BCUT2D eigenvalue weighted by atomic mass is 19.1. The Balaban J connectivity index is 1.52. The Labute approximate surface area is 238 Å². The van der Waals surface area contributed by atoms with Gasteiger partial charge < -0.3 is 25.2 Å². The van der Waals surface area contributed by atoms with Crippen LogP contribution < -0.4 is 10.6 Å². The summed E-state index contributed by atoms with van der Waals surface area (Å²) in [6.07, 6.45) is 0.807. The van der Waals surface area contributed by atoms with Crippen molar-refractivity contribution in [2.24, 2.45) is 0 Å². The third-order valence-electron chi connectivity index (χ3n) is 6.98. The quantitative estimate of drug-likeness (QED) is 0.337. The number of carbonyl (C=O) groups excluding carboxylic acids is 4.